The molecule has 0 radical (unpaired) electrons. The third-order valence-electron chi connectivity index (χ3n) is 5.27. The van der Waals surface area contributed by atoms with Gasteiger partial charge in [-0.1, -0.05) is 76.6 Å². The average Bonchev–Trinajstić information content (AvgIpc) is 2.57. The number of hydrogen-bond donors (Lipinski definition) is 2. The van der Waals surface area contributed by atoms with Crippen LogP contribution in [0.1, 0.15) is 107 Å². The van der Waals surface area contributed by atoms with Crippen LogP contribution in [0.2, 0.25) is 0 Å². The normalized spacial score (nSPS) is 20.3. The quantitative estimate of drug-likeness (QED) is 0.592. The van der Waals surface area contributed by atoms with Gasteiger partial charge >= 0.3 is 0 Å². The SMILES string of the molecule is CCC[C@H]1CCCCCCCCCCCC#Cc2cc(O)c1c(O)c2. The van der Waals surface area contributed by atoms with Crippen LogP contribution in [0.25, 0.3) is 0 Å². The molecule has 0 unspecified atom stereocenters. The number of benzene rings is 1. The number of fused-ring (bicyclic) bond motifs is 14. The molecule has 0 aromatic heterocycles. The van der Waals surface area contributed by atoms with Gasteiger partial charge in [0.1, 0.15) is 11.5 Å². The summed E-state index contributed by atoms with van der Waals surface area (Å²) in [5.41, 5.74) is 1.45. The Morgan fingerprint density at radius 2 is 1.44 bits per heavy atom. The molecule has 2 aliphatic rings. The van der Waals surface area contributed by atoms with Crippen molar-refractivity contribution in [3.8, 4) is 23.3 Å². The Bertz CT molecular complexity index is 556. The summed E-state index contributed by atoms with van der Waals surface area (Å²) in [6.07, 6.45) is 15.5. The van der Waals surface area contributed by atoms with Crippen LogP contribution in [0.3, 0.4) is 0 Å². The van der Waals surface area contributed by atoms with Crippen LogP contribution in [0, 0.1) is 11.8 Å². The molecule has 25 heavy (non-hydrogen) atoms. The van der Waals surface area contributed by atoms with E-state index >= 15 is 0 Å². The van der Waals surface area contributed by atoms with Crippen molar-refractivity contribution in [3.63, 3.8) is 0 Å². The number of hydrogen-bond acceptors (Lipinski definition) is 2. The Labute approximate surface area is 153 Å². The maximum absolute atomic E-state index is 10.5. The van der Waals surface area contributed by atoms with Crippen molar-refractivity contribution < 1.29 is 10.2 Å². The molecule has 2 bridgehead atoms. The van der Waals surface area contributed by atoms with Crippen molar-refractivity contribution in [3.05, 3.63) is 23.3 Å². The van der Waals surface area contributed by atoms with Gasteiger partial charge in [0.05, 0.1) is 0 Å². The fourth-order valence-electron chi connectivity index (χ4n) is 3.90. The summed E-state index contributed by atoms with van der Waals surface area (Å²) in [6.45, 7) is 2.17. The molecule has 1 atom stereocenters. The van der Waals surface area contributed by atoms with E-state index in [9.17, 15) is 10.2 Å². The largest absolute Gasteiger partial charge is 0.507 e. The van der Waals surface area contributed by atoms with E-state index in [1.807, 2.05) is 0 Å². The van der Waals surface area contributed by atoms with E-state index in [0.717, 1.165) is 43.2 Å². The lowest BCUT2D eigenvalue weighted by atomic mass is 9.87. The molecule has 138 valence electrons. The second-order valence-corrected chi connectivity index (χ2v) is 7.44. The first-order chi connectivity index (χ1) is 12.2. The maximum atomic E-state index is 10.5. The highest BCUT2D eigenvalue weighted by Crippen LogP contribution is 2.40. The highest BCUT2D eigenvalue weighted by molar-refractivity contribution is 5.53. The van der Waals surface area contributed by atoms with Crippen molar-refractivity contribution in [2.75, 3.05) is 0 Å². The van der Waals surface area contributed by atoms with Crippen molar-refractivity contribution in [2.45, 2.75) is 96.3 Å². The molecule has 1 aromatic carbocycles. The third kappa shape index (κ3) is 6.65. The molecule has 0 amide bonds. The van der Waals surface area contributed by atoms with Gasteiger partial charge in [-0.05, 0) is 37.3 Å². The molecule has 0 saturated carbocycles. The summed E-state index contributed by atoms with van der Waals surface area (Å²) in [5.74, 6) is 6.95. The Morgan fingerprint density at radius 1 is 0.880 bits per heavy atom. The molecule has 2 N–H and O–H groups in total. The van der Waals surface area contributed by atoms with Gasteiger partial charge in [0.25, 0.3) is 0 Å². The predicted molar refractivity (Wildman–Crippen MR) is 105 cm³/mol. The van der Waals surface area contributed by atoms with Gasteiger partial charge in [-0.2, -0.15) is 0 Å². The Balaban J connectivity index is 2.18. The first-order valence-corrected chi connectivity index (χ1v) is 10.3. The van der Waals surface area contributed by atoms with Gasteiger partial charge in [0.2, 0.25) is 0 Å². The summed E-state index contributed by atoms with van der Waals surface area (Å²) < 4.78 is 0. The molecule has 0 aliphatic heterocycles. The lowest BCUT2D eigenvalue weighted by molar-refractivity contribution is 0.412. The van der Waals surface area contributed by atoms with Gasteiger partial charge < -0.3 is 10.2 Å². The van der Waals surface area contributed by atoms with Crippen LogP contribution < -0.4 is 0 Å². The molecular weight excluding hydrogens is 308 g/mol. The van der Waals surface area contributed by atoms with Crippen molar-refractivity contribution in [1.82, 2.24) is 0 Å². The minimum Gasteiger partial charge on any atom is -0.507 e. The zero-order valence-electron chi connectivity index (χ0n) is 15.8. The minimum absolute atomic E-state index is 0.212. The van der Waals surface area contributed by atoms with Crippen molar-refractivity contribution >= 4 is 0 Å². The maximum Gasteiger partial charge on any atom is 0.123 e. The van der Waals surface area contributed by atoms with Gasteiger partial charge in [0.15, 0.2) is 0 Å². The van der Waals surface area contributed by atoms with Crippen molar-refractivity contribution in [1.29, 1.82) is 0 Å². The molecule has 3 rings (SSSR count). The lowest BCUT2D eigenvalue weighted by Gasteiger charge is -2.19. The summed E-state index contributed by atoms with van der Waals surface area (Å²) in [6, 6.07) is 3.46. The monoisotopic (exact) mass is 342 g/mol. The zero-order chi connectivity index (χ0) is 17.9. The zero-order valence-corrected chi connectivity index (χ0v) is 15.8. The van der Waals surface area contributed by atoms with E-state index in [1.165, 1.54) is 51.4 Å². The Morgan fingerprint density at radius 3 is 2.04 bits per heavy atom. The van der Waals surface area contributed by atoms with E-state index in [4.69, 9.17) is 0 Å². The van der Waals surface area contributed by atoms with E-state index in [0.29, 0.717) is 0 Å². The third-order valence-corrected chi connectivity index (χ3v) is 5.27. The molecule has 2 aliphatic carbocycles. The van der Waals surface area contributed by atoms with Crippen LogP contribution in [0.5, 0.6) is 11.5 Å². The second-order valence-electron chi connectivity index (χ2n) is 7.44. The van der Waals surface area contributed by atoms with Gasteiger partial charge in [-0.15, -0.1) is 0 Å². The lowest BCUT2D eigenvalue weighted by Crippen LogP contribution is -2.01. The van der Waals surface area contributed by atoms with Gasteiger partial charge in [-0.25, -0.2) is 0 Å². The first kappa shape index (κ1) is 19.7. The standard InChI is InChI=1S/C23H34O2/c1-2-14-20-16-13-11-9-7-5-3-4-6-8-10-12-15-19-17-21(24)23(20)22(25)18-19/h17-18,20,24-25H,2-11,13-14,16H2,1H3/t20-/m0/s1. The average molecular weight is 343 g/mol. The first-order valence-electron chi connectivity index (χ1n) is 10.3. The fraction of sp³-hybridized carbons (Fsp3) is 0.652. The van der Waals surface area contributed by atoms with Crippen LogP contribution in [0.15, 0.2) is 12.1 Å². The summed E-state index contributed by atoms with van der Waals surface area (Å²) in [5, 5.41) is 21.0. The summed E-state index contributed by atoms with van der Waals surface area (Å²) >= 11 is 0. The minimum atomic E-state index is 0.212. The second kappa shape index (κ2) is 11.1. The molecule has 0 fully saturated rings. The molecule has 0 heterocycles. The number of phenols is 2. The van der Waals surface area contributed by atoms with Crippen LogP contribution in [-0.2, 0) is 0 Å². The van der Waals surface area contributed by atoms with Gasteiger partial charge in [0, 0.05) is 17.5 Å². The Hall–Kier alpha value is -1.62. The van der Waals surface area contributed by atoms with Gasteiger partial charge in [-0.3, -0.25) is 0 Å². The number of aromatic hydroxyl groups is 2. The van der Waals surface area contributed by atoms with Crippen LogP contribution in [0.4, 0.5) is 0 Å². The number of rotatable bonds is 2. The topological polar surface area (TPSA) is 40.5 Å². The smallest absolute Gasteiger partial charge is 0.123 e. The molecule has 0 spiro atoms. The van der Waals surface area contributed by atoms with Crippen molar-refractivity contribution in [2.24, 2.45) is 0 Å². The molecule has 0 saturated heterocycles. The molecule has 2 nitrogen and oxygen atoms in total. The summed E-state index contributed by atoms with van der Waals surface area (Å²) in [7, 11) is 0. The summed E-state index contributed by atoms with van der Waals surface area (Å²) in [4.78, 5) is 0. The Kier molecular flexibility index (Phi) is 8.73. The van der Waals surface area contributed by atoms with E-state index in [2.05, 4.69) is 18.8 Å². The highest BCUT2D eigenvalue weighted by Gasteiger charge is 2.19. The highest BCUT2D eigenvalue weighted by atomic mass is 16.3. The predicted octanol–water partition coefficient (Wildman–Crippen LogP) is 6.64. The van der Waals surface area contributed by atoms with E-state index < -0.39 is 0 Å². The number of phenolic OH excluding ortho intramolecular Hbond substituents is 2. The molecule has 1 aromatic rings. The fourth-order valence-corrected chi connectivity index (χ4v) is 3.90. The molecule has 2 heteroatoms. The van der Waals surface area contributed by atoms with E-state index in [-0.39, 0.29) is 17.4 Å². The van der Waals surface area contributed by atoms with Crippen LogP contribution >= 0.6 is 0 Å². The molecular formula is C23H34O2. The van der Waals surface area contributed by atoms with E-state index in [1.54, 1.807) is 12.1 Å². The van der Waals surface area contributed by atoms with Crippen LogP contribution in [-0.4, -0.2) is 10.2 Å².